The number of carbonyl (C=O) groups is 3. The number of hydrogen-bond donors (Lipinski definition) is 1. The number of methoxy groups -OCH3 is 1. The van der Waals surface area contributed by atoms with Gasteiger partial charge in [-0.15, -0.1) is 0 Å². The van der Waals surface area contributed by atoms with Gasteiger partial charge in [0, 0.05) is 18.2 Å². The van der Waals surface area contributed by atoms with Crippen molar-refractivity contribution >= 4 is 35.5 Å². The van der Waals surface area contributed by atoms with E-state index < -0.39 is 11.9 Å². The van der Waals surface area contributed by atoms with Crippen LogP contribution in [0.3, 0.4) is 0 Å². The summed E-state index contributed by atoms with van der Waals surface area (Å²) >= 11 is 0. The monoisotopic (exact) mass is 470 g/mol. The molecule has 1 aliphatic rings. The van der Waals surface area contributed by atoms with Crippen LogP contribution in [0.25, 0.3) is 6.08 Å². The zero-order valence-corrected chi connectivity index (χ0v) is 19.3. The van der Waals surface area contributed by atoms with Gasteiger partial charge >= 0.3 is 11.9 Å². The van der Waals surface area contributed by atoms with Crippen LogP contribution < -0.4 is 14.8 Å². The molecular formula is C27H22N2O6. The number of ether oxygens (including phenoxy) is 3. The lowest BCUT2D eigenvalue weighted by atomic mass is 10.1. The molecule has 0 spiro atoms. The number of hydrogen-bond acceptors (Lipinski definition) is 7. The average Bonchev–Trinajstić information content (AvgIpc) is 3.20. The van der Waals surface area contributed by atoms with Crippen LogP contribution in [0.1, 0.15) is 34.0 Å². The Bertz CT molecular complexity index is 1360. The van der Waals surface area contributed by atoms with Crippen LogP contribution in [0.15, 0.2) is 77.4 Å². The molecular weight excluding hydrogens is 448 g/mol. The van der Waals surface area contributed by atoms with E-state index in [0.717, 1.165) is 5.56 Å². The Hall–Kier alpha value is -4.72. The lowest BCUT2D eigenvalue weighted by molar-refractivity contribution is -0.129. The van der Waals surface area contributed by atoms with Crippen molar-refractivity contribution in [2.45, 2.75) is 13.8 Å². The lowest BCUT2D eigenvalue weighted by Crippen LogP contribution is -2.09. The van der Waals surface area contributed by atoms with E-state index in [1.165, 1.54) is 14.0 Å². The SMILES string of the molecule is COc1cc(/C=C2\N=C(c3ccc(NC(C)=O)cc3)OC2=O)ccc1OC(=O)c1ccc(C)cc1. The van der Waals surface area contributed by atoms with Crippen molar-refractivity contribution in [2.75, 3.05) is 12.4 Å². The summed E-state index contributed by atoms with van der Waals surface area (Å²) in [6.45, 7) is 3.35. The molecule has 8 heteroatoms. The molecule has 35 heavy (non-hydrogen) atoms. The summed E-state index contributed by atoms with van der Waals surface area (Å²) in [5.41, 5.74) is 3.38. The van der Waals surface area contributed by atoms with E-state index in [1.54, 1.807) is 60.7 Å². The summed E-state index contributed by atoms with van der Waals surface area (Å²) in [6.07, 6.45) is 1.55. The first-order valence-corrected chi connectivity index (χ1v) is 10.7. The van der Waals surface area contributed by atoms with Gasteiger partial charge in [0.25, 0.3) is 0 Å². The number of cyclic esters (lactones) is 1. The number of aliphatic imine (C=N–C) groups is 1. The minimum atomic E-state index is -0.597. The summed E-state index contributed by atoms with van der Waals surface area (Å²) in [7, 11) is 1.46. The Morgan fingerprint density at radius 3 is 2.34 bits per heavy atom. The van der Waals surface area contributed by atoms with Gasteiger partial charge in [0.2, 0.25) is 11.8 Å². The van der Waals surface area contributed by atoms with Crippen LogP contribution in [0.5, 0.6) is 11.5 Å². The summed E-state index contributed by atoms with van der Waals surface area (Å²) in [4.78, 5) is 40.3. The fraction of sp³-hybridized carbons (Fsp3) is 0.111. The van der Waals surface area contributed by atoms with Gasteiger partial charge in [0.1, 0.15) is 0 Å². The Morgan fingerprint density at radius 1 is 0.971 bits per heavy atom. The molecule has 3 aromatic carbocycles. The normalized spacial score (nSPS) is 13.7. The third-order valence-corrected chi connectivity index (χ3v) is 5.05. The van der Waals surface area contributed by atoms with E-state index in [-0.39, 0.29) is 23.3 Å². The molecule has 0 saturated heterocycles. The largest absolute Gasteiger partial charge is 0.493 e. The third-order valence-electron chi connectivity index (χ3n) is 5.05. The van der Waals surface area contributed by atoms with Gasteiger partial charge in [-0.25, -0.2) is 14.6 Å². The highest BCUT2D eigenvalue weighted by atomic mass is 16.6. The van der Waals surface area contributed by atoms with E-state index in [9.17, 15) is 14.4 Å². The minimum absolute atomic E-state index is 0.109. The highest BCUT2D eigenvalue weighted by molar-refractivity contribution is 6.13. The maximum absolute atomic E-state index is 12.5. The Labute approximate surface area is 201 Å². The first-order chi connectivity index (χ1) is 16.8. The van der Waals surface area contributed by atoms with Gasteiger partial charge in [-0.1, -0.05) is 23.8 Å². The predicted molar refractivity (Wildman–Crippen MR) is 130 cm³/mol. The molecule has 4 rings (SSSR count). The molecule has 0 atom stereocenters. The highest BCUT2D eigenvalue weighted by Gasteiger charge is 2.24. The fourth-order valence-corrected chi connectivity index (χ4v) is 3.30. The molecule has 1 aliphatic heterocycles. The van der Waals surface area contributed by atoms with Crippen molar-refractivity contribution in [2.24, 2.45) is 4.99 Å². The zero-order chi connectivity index (χ0) is 24.9. The van der Waals surface area contributed by atoms with E-state index >= 15 is 0 Å². The molecule has 0 saturated carbocycles. The second kappa shape index (κ2) is 10.0. The molecule has 0 unspecified atom stereocenters. The van der Waals surface area contributed by atoms with Crippen LogP contribution in [0.4, 0.5) is 5.69 Å². The number of anilines is 1. The first-order valence-electron chi connectivity index (χ1n) is 10.7. The van der Waals surface area contributed by atoms with Crippen LogP contribution in [0, 0.1) is 6.92 Å². The van der Waals surface area contributed by atoms with Crippen LogP contribution in [0.2, 0.25) is 0 Å². The molecule has 0 aromatic heterocycles. The molecule has 1 heterocycles. The molecule has 0 bridgehead atoms. The second-order valence-electron chi connectivity index (χ2n) is 7.76. The van der Waals surface area contributed by atoms with E-state index in [0.29, 0.717) is 28.1 Å². The molecule has 1 N–H and O–H groups in total. The fourth-order valence-electron chi connectivity index (χ4n) is 3.30. The summed E-state index contributed by atoms with van der Waals surface area (Å²) in [5, 5.41) is 2.67. The van der Waals surface area contributed by atoms with Gasteiger partial charge < -0.3 is 19.5 Å². The van der Waals surface area contributed by atoms with Gasteiger partial charge in [0.15, 0.2) is 17.2 Å². The number of nitrogens with one attached hydrogen (secondary N) is 1. The number of aryl methyl sites for hydroxylation is 1. The van der Waals surface area contributed by atoms with Gasteiger partial charge in [-0.2, -0.15) is 0 Å². The highest BCUT2D eigenvalue weighted by Crippen LogP contribution is 2.30. The minimum Gasteiger partial charge on any atom is -0.493 e. The second-order valence-corrected chi connectivity index (χ2v) is 7.76. The van der Waals surface area contributed by atoms with Gasteiger partial charge in [-0.05, 0) is 67.1 Å². The third kappa shape index (κ3) is 5.62. The van der Waals surface area contributed by atoms with Crippen molar-refractivity contribution in [1.82, 2.24) is 0 Å². The number of rotatable bonds is 6. The number of benzene rings is 3. The summed E-state index contributed by atoms with van der Waals surface area (Å²) in [6, 6.07) is 18.7. The molecule has 0 fully saturated rings. The lowest BCUT2D eigenvalue weighted by Gasteiger charge is -2.10. The molecule has 0 aliphatic carbocycles. The smallest absolute Gasteiger partial charge is 0.363 e. The predicted octanol–water partition coefficient (Wildman–Crippen LogP) is 4.53. The number of nitrogens with zero attached hydrogens (tertiary/aromatic N) is 1. The number of esters is 2. The van der Waals surface area contributed by atoms with Crippen LogP contribution in [-0.2, 0) is 14.3 Å². The first kappa shape index (κ1) is 23.4. The molecule has 0 radical (unpaired) electrons. The Morgan fingerprint density at radius 2 is 1.69 bits per heavy atom. The van der Waals surface area contributed by atoms with E-state index in [4.69, 9.17) is 14.2 Å². The van der Waals surface area contributed by atoms with Crippen molar-refractivity contribution < 1.29 is 28.6 Å². The quantitative estimate of drug-likeness (QED) is 0.323. The molecule has 1 amide bonds. The van der Waals surface area contributed by atoms with Gasteiger partial charge in [0.05, 0.1) is 12.7 Å². The van der Waals surface area contributed by atoms with E-state index in [2.05, 4.69) is 10.3 Å². The summed E-state index contributed by atoms with van der Waals surface area (Å²) < 4.78 is 16.2. The van der Waals surface area contributed by atoms with E-state index in [1.807, 2.05) is 19.1 Å². The molecule has 8 nitrogen and oxygen atoms in total. The van der Waals surface area contributed by atoms with Crippen molar-refractivity contribution in [3.8, 4) is 11.5 Å². The molecule has 176 valence electrons. The standard InChI is InChI=1S/C27H22N2O6/c1-16-4-7-20(8-5-16)26(31)34-23-13-6-18(15-24(23)33-3)14-22-27(32)35-25(29-22)19-9-11-21(12-10-19)28-17(2)30/h4-15H,1-3H3,(H,28,30)/b22-14-. The van der Waals surface area contributed by atoms with Crippen LogP contribution in [-0.4, -0.2) is 30.9 Å². The average molecular weight is 470 g/mol. The Balaban J connectivity index is 1.53. The van der Waals surface area contributed by atoms with Crippen molar-refractivity contribution in [3.05, 3.63) is 94.7 Å². The number of carbonyl (C=O) groups excluding carboxylic acids is 3. The number of amides is 1. The molecule has 3 aromatic rings. The van der Waals surface area contributed by atoms with Gasteiger partial charge in [-0.3, -0.25) is 4.79 Å². The Kier molecular flexibility index (Phi) is 6.73. The van der Waals surface area contributed by atoms with Crippen molar-refractivity contribution in [1.29, 1.82) is 0 Å². The maximum atomic E-state index is 12.5. The summed E-state index contributed by atoms with van der Waals surface area (Å²) in [5.74, 6) is -0.556. The topological polar surface area (TPSA) is 103 Å². The van der Waals surface area contributed by atoms with Crippen molar-refractivity contribution in [3.63, 3.8) is 0 Å². The maximum Gasteiger partial charge on any atom is 0.363 e. The zero-order valence-electron chi connectivity index (χ0n) is 19.3. The van der Waals surface area contributed by atoms with Crippen LogP contribution >= 0.6 is 0 Å².